The Morgan fingerprint density at radius 3 is 2.95 bits per heavy atom. The van der Waals surface area contributed by atoms with Gasteiger partial charge in [0.2, 0.25) is 11.8 Å². The number of carbonyl (C=O) groups excluding carboxylic acids is 2. The van der Waals surface area contributed by atoms with Crippen molar-refractivity contribution in [3.63, 3.8) is 0 Å². The molecule has 2 N–H and O–H groups in total. The average Bonchev–Trinajstić information content (AvgIpc) is 3.01. The number of fused-ring (bicyclic) bond motifs is 1. The van der Waals surface area contributed by atoms with Gasteiger partial charge in [-0.2, -0.15) is 5.10 Å². The Bertz CT molecular complexity index is 512. The Labute approximate surface area is 110 Å². The van der Waals surface area contributed by atoms with E-state index in [-0.39, 0.29) is 24.4 Å². The molecule has 2 saturated heterocycles. The molecule has 0 radical (unpaired) electrons. The zero-order chi connectivity index (χ0) is 13.4. The minimum Gasteiger partial charge on any atom is -0.396 e. The molecule has 2 aliphatic heterocycles. The highest BCUT2D eigenvalue weighted by Crippen LogP contribution is 2.23. The molecule has 1 aromatic rings. The average molecular weight is 263 g/mol. The van der Waals surface area contributed by atoms with Crippen LogP contribution in [0.4, 0.5) is 5.69 Å². The van der Waals surface area contributed by atoms with Crippen molar-refractivity contribution in [2.75, 3.05) is 25.4 Å². The topological polar surface area (TPSA) is 84.5 Å². The summed E-state index contributed by atoms with van der Waals surface area (Å²) >= 11 is 0. The van der Waals surface area contributed by atoms with E-state index in [2.05, 4.69) is 5.10 Å². The molecule has 2 amide bonds. The van der Waals surface area contributed by atoms with Crippen molar-refractivity contribution in [1.82, 2.24) is 19.6 Å². The number of nitrogens with zero attached hydrogens (tertiary/aromatic N) is 4. The monoisotopic (exact) mass is 263 g/mol. The number of amides is 2. The summed E-state index contributed by atoms with van der Waals surface area (Å²) in [5, 5.41) is 4.07. The summed E-state index contributed by atoms with van der Waals surface area (Å²) in [5.41, 5.74) is 6.18. The van der Waals surface area contributed by atoms with Crippen molar-refractivity contribution >= 4 is 17.5 Å². The maximum atomic E-state index is 12.3. The van der Waals surface area contributed by atoms with E-state index in [1.54, 1.807) is 26.9 Å². The van der Waals surface area contributed by atoms with Crippen molar-refractivity contribution < 1.29 is 9.59 Å². The Kier molecular flexibility index (Phi) is 2.88. The van der Waals surface area contributed by atoms with Gasteiger partial charge in [-0.3, -0.25) is 14.3 Å². The van der Waals surface area contributed by atoms with Gasteiger partial charge in [0.1, 0.15) is 6.04 Å². The Morgan fingerprint density at radius 1 is 1.37 bits per heavy atom. The number of rotatable bonds is 3. The van der Waals surface area contributed by atoms with Gasteiger partial charge in [-0.1, -0.05) is 0 Å². The maximum absolute atomic E-state index is 12.3. The van der Waals surface area contributed by atoms with Crippen LogP contribution < -0.4 is 5.73 Å². The molecule has 2 aliphatic rings. The summed E-state index contributed by atoms with van der Waals surface area (Å²) in [6.07, 6.45) is 5.00. The van der Waals surface area contributed by atoms with Gasteiger partial charge in [0, 0.05) is 19.3 Å². The normalized spacial score (nSPS) is 23.1. The van der Waals surface area contributed by atoms with Crippen LogP contribution in [0.2, 0.25) is 0 Å². The molecule has 102 valence electrons. The van der Waals surface area contributed by atoms with Crippen LogP contribution in [0, 0.1) is 0 Å². The smallest absolute Gasteiger partial charge is 0.245 e. The zero-order valence-corrected chi connectivity index (χ0v) is 10.7. The third-order valence-corrected chi connectivity index (χ3v) is 3.75. The first-order valence-electron chi connectivity index (χ1n) is 6.51. The van der Waals surface area contributed by atoms with E-state index >= 15 is 0 Å². The molecule has 19 heavy (non-hydrogen) atoms. The molecule has 1 aromatic heterocycles. The minimum atomic E-state index is -0.232. The van der Waals surface area contributed by atoms with Gasteiger partial charge in [0.25, 0.3) is 0 Å². The van der Waals surface area contributed by atoms with Crippen LogP contribution in [0.25, 0.3) is 0 Å². The lowest BCUT2D eigenvalue weighted by Crippen LogP contribution is -2.57. The molecule has 7 nitrogen and oxygen atoms in total. The lowest BCUT2D eigenvalue weighted by molar-refractivity contribution is -0.153. The van der Waals surface area contributed by atoms with Crippen molar-refractivity contribution in [1.29, 1.82) is 0 Å². The molecule has 0 spiro atoms. The number of aromatic nitrogens is 2. The minimum absolute atomic E-state index is 0.0575. The van der Waals surface area contributed by atoms with E-state index in [9.17, 15) is 9.59 Å². The SMILES string of the molecule is Nc1cnn(CCN2CC(=O)N3CCCC3C2=O)c1. The molecular formula is C12H17N5O2. The van der Waals surface area contributed by atoms with E-state index in [0.29, 0.717) is 18.8 Å². The summed E-state index contributed by atoms with van der Waals surface area (Å²) in [6, 6.07) is -0.232. The van der Waals surface area contributed by atoms with Crippen LogP contribution in [0.15, 0.2) is 12.4 Å². The number of hydrogen-bond acceptors (Lipinski definition) is 4. The van der Waals surface area contributed by atoms with E-state index in [0.717, 1.165) is 19.4 Å². The molecule has 3 rings (SSSR count). The molecule has 0 aromatic carbocycles. The van der Waals surface area contributed by atoms with E-state index in [1.807, 2.05) is 0 Å². The molecule has 3 heterocycles. The molecule has 0 aliphatic carbocycles. The summed E-state index contributed by atoms with van der Waals surface area (Å²) < 4.78 is 1.69. The molecule has 7 heteroatoms. The second-order valence-electron chi connectivity index (χ2n) is 5.04. The van der Waals surface area contributed by atoms with Gasteiger partial charge in [-0.15, -0.1) is 0 Å². The van der Waals surface area contributed by atoms with Gasteiger partial charge in [0.05, 0.1) is 25.0 Å². The van der Waals surface area contributed by atoms with Crippen LogP contribution in [0.1, 0.15) is 12.8 Å². The third kappa shape index (κ3) is 2.16. The summed E-state index contributed by atoms with van der Waals surface area (Å²) in [6.45, 7) is 1.96. The fourth-order valence-electron chi connectivity index (χ4n) is 2.78. The van der Waals surface area contributed by atoms with Gasteiger partial charge >= 0.3 is 0 Å². The van der Waals surface area contributed by atoms with Crippen LogP contribution in [0.5, 0.6) is 0 Å². The van der Waals surface area contributed by atoms with Crippen LogP contribution >= 0.6 is 0 Å². The van der Waals surface area contributed by atoms with Crippen LogP contribution in [-0.2, 0) is 16.1 Å². The van der Waals surface area contributed by atoms with Gasteiger partial charge in [-0.05, 0) is 12.8 Å². The van der Waals surface area contributed by atoms with Gasteiger partial charge in [0.15, 0.2) is 0 Å². The quantitative estimate of drug-likeness (QED) is 0.781. The summed E-state index contributed by atoms with van der Waals surface area (Å²) in [4.78, 5) is 27.5. The van der Waals surface area contributed by atoms with Gasteiger partial charge in [-0.25, -0.2) is 0 Å². The Hall–Kier alpha value is -2.05. The van der Waals surface area contributed by atoms with Crippen molar-refractivity contribution in [3.8, 4) is 0 Å². The largest absolute Gasteiger partial charge is 0.396 e. The Morgan fingerprint density at radius 2 is 2.21 bits per heavy atom. The first kappa shape index (κ1) is 12.0. The highest BCUT2D eigenvalue weighted by atomic mass is 16.2. The van der Waals surface area contributed by atoms with E-state index < -0.39 is 0 Å². The number of anilines is 1. The molecule has 2 fully saturated rings. The fraction of sp³-hybridized carbons (Fsp3) is 0.583. The number of nitrogen functional groups attached to an aromatic ring is 1. The number of piperazine rings is 1. The number of hydrogen-bond donors (Lipinski definition) is 1. The first-order chi connectivity index (χ1) is 9.15. The van der Waals surface area contributed by atoms with E-state index in [4.69, 9.17) is 5.73 Å². The van der Waals surface area contributed by atoms with Crippen LogP contribution in [0.3, 0.4) is 0 Å². The maximum Gasteiger partial charge on any atom is 0.245 e. The first-order valence-corrected chi connectivity index (χ1v) is 6.51. The molecule has 1 atom stereocenters. The lowest BCUT2D eigenvalue weighted by Gasteiger charge is -2.36. The molecule has 0 saturated carbocycles. The molecule has 1 unspecified atom stereocenters. The molecular weight excluding hydrogens is 246 g/mol. The predicted molar refractivity (Wildman–Crippen MR) is 68.0 cm³/mol. The second kappa shape index (κ2) is 4.56. The third-order valence-electron chi connectivity index (χ3n) is 3.75. The summed E-state index contributed by atoms with van der Waals surface area (Å²) in [7, 11) is 0. The highest BCUT2D eigenvalue weighted by Gasteiger charge is 2.41. The fourth-order valence-corrected chi connectivity index (χ4v) is 2.78. The Balaban J connectivity index is 1.64. The van der Waals surface area contributed by atoms with Crippen molar-refractivity contribution in [3.05, 3.63) is 12.4 Å². The molecule has 0 bridgehead atoms. The van der Waals surface area contributed by atoms with Crippen molar-refractivity contribution in [2.45, 2.75) is 25.4 Å². The predicted octanol–water partition coefficient (Wildman–Crippen LogP) is -0.702. The standard InChI is InChI=1S/C12H17N5O2/c13-9-6-14-16(7-9)5-4-15-8-11(18)17-3-1-2-10(17)12(15)19/h6-7,10H,1-5,8,13H2. The number of carbonyl (C=O) groups is 2. The van der Waals surface area contributed by atoms with Crippen LogP contribution in [-0.4, -0.2) is 57.1 Å². The lowest BCUT2D eigenvalue weighted by atomic mass is 10.1. The zero-order valence-electron chi connectivity index (χ0n) is 10.7. The highest BCUT2D eigenvalue weighted by molar-refractivity contribution is 5.95. The van der Waals surface area contributed by atoms with E-state index in [1.165, 1.54) is 0 Å². The van der Waals surface area contributed by atoms with Crippen molar-refractivity contribution in [2.24, 2.45) is 0 Å². The number of nitrogens with two attached hydrogens (primary N) is 1. The van der Waals surface area contributed by atoms with Gasteiger partial charge < -0.3 is 15.5 Å². The summed E-state index contributed by atoms with van der Waals surface area (Å²) in [5.74, 6) is 0.124. The second-order valence-corrected chi connectivity index (χ2v) is 5.04.